The van der Waals surface area contributed by atoms with E-state index < -0.39 is 17.5 Å². The summed E-state index contributed by atoms with van der Waals surface area (Å²) in [6.45, 7) is 2.92. The molecular formula is C13H16F2N2O. The van der Waals surface area contributed by atoms with Crippen LogP contribution >= 0.6 is 0 Å². The molecule has 2 unspecified atom stereocenters. The van der Waals surface area contributed by atoms with Gasteiger partial charge in [-0.2, -0.15) is 0 Å². The molecule has 0 saturated carbocycles. The van der Waals surface area contributed by atoms with Crippen LogP contribution in [-0.4, -0.2) is 24.5 Å². The largest absolute Gasteiger partial charge is 0.348 e. The van der Waals surface area contributed by atoms with Crippen molar-refractivity contribution in [3.63, 3.8) is 0 Å². The Bertz CT molecular complexity index is 430. The van der Waals surface area contributed by atoms with Gasteiger partial charge in [0.1, 0.15) is 11.6 Å². The van der Waals surface area contributed by atoms with Crippen molar-refractivity contribution >= 4 is 5.91 Å². The Balaban J connectivity index is 2.06. The van der Waals surface area contributed by atoms with Crippen LogP contribution in [0.25, 0.3) is 0 Å². The predicted molar refractivity (Wildman–Crippen MR) is 64.3 cm³/mol. The fourth-order valence-corrected chi connectivity index (χ4v) is 2.18. The summed E-state index contributed by atoms with van der Waals surface area (Å²) in [6, 6.07) is 3.00. The summed E-state index contributed by atoms with van der Waals surface area (Å²) in [5.41, 5.74) is 0.0188. The Morgan fingerprint density at radius 1 is 1.33 bits per heavy atom. The molecule has 2 N–H and O–H groups in total. The number of piperidine rings is 1. The first-order chi connectivity index (χ1) is 8.56. The number of benzene rings is 1. The first kappa shape index (κ1) is 13.0. The normalized spacial score (nSPS) is 23.7. The summed E-state index contributed by atoms with van der Waals surface area (Å²) in [6.07, 6.45) is 1.85. The lowest BCUT2D eigenvalue weighted by molar-refractivity contribution is 0.0919. The first-order valence-electron chi connectivity index (χ1n) is 6.06. The number of carbonyl (C=O) groups is 1. The van der Waals surface area contributed by atoms with Crippen molar-refractivity contribution in [3.8, 4) is 0 Å². The molecule has 0 spiro atoms. The van der Waals surface area contributed by atoms with Gasteiger partial charge in [-0.15, -0.1) is 0 Å². The second-order valence-electron chi connectivity index (χ2n) is 4.62. The molecule has 1 aliphatic heterocycles. The molecule has 1 amide bonds. The van der Waals surface area contributed by atoms with Crippen molar-refractivity contribution in [2.24, 2.45) is 0 Å². The third kappa shape index (κ3) is 3.04. The zero-order valence-corrected chi connectivity index (χ0v) is 10.2. The molecule has 2 atom stereocenters. The number of hydrogen-bond acceptors (Lipinski definition) is 2. The van der Waals surface area contributed by atoms with Crippen LogP contribution in [0.3, 0.4) is 0 Å². The molecule has 1 heterocycles. The molecular weight excluding hydrogens is 238 g/mol. The van der Waals surface area contributed by atoms with E-state index in [9.17, 15) is 13.6 Å². The molecule has 98 valence electrons. The van der Waals surface area contributed by atoms with Crippen molar-refractivity contribution in [1.82, 2.24) is 10.6 Å². The summed E-state index contributed by atoms with van der Waals surface area (Å²) in [7, 11) is 0. The fourth-order valence-electron chi connectivity index (χ4n) is 2.18. The molecule has 18 heavy (non-hydrogen) atoms. The van der Waals surface area contributed by atoms with Gasteiger partial charge in [-0.25, -0.2) is 8.78 Å². The van der Waals surface area contributed by atoms with Gasteiger partial charge in [0.25, 0.3) is 5.91 Å². The van der Waals surface area contributed by atoms with Crippen LogP contribution in [0, 0.1) is 11.6 Å². The van der Waals surface area contributed by atoms with Crippen LogP contribution < -0.4 is 10.6 Å². The minimum absolute atomic E-state index is 0.00224. The molecule has 0 radical (unpaired) electrons. The van der Waals surface area contributed by atoms with Crippen molar-refractivity contribution < 1.29 is 13.6 Å². The first-order valence-corrected chi connectivity index (χ1v) is 6.06. The maximum absolute atomic E-state index is 13.0. The highest BCUT2D eigenvalue weighted by Gasteiger charge is 2.23. The van der Waals surface area contributed by atoms with Crippen molar-refractivity contribution in [2.45, 2.75) is 31.8 Å². The third-order valence-corrected chi connectivity index (χ3v) is 3.20. The van der Waals surface area contributed by atoms with E-state index in [1.165, 1.54) is 0 Å². The van der Waals surface area contributed by atoms with Gasteiger partial charge in [0, 0.05) is 23.7 Å². The van der Waals surface area contributed by atoms with Gasteiger partial charge in [0.05, 0.1) is 0 Å². The summed E-state index contributed by atoms with van der Waals surface area (Å²) in [5, 5.41) is 6.05. The summed E-state index contributed by atoms with van der Waals surface area (Å²) in [4.78, 5) is 11.9. The minimum atomic E-state index is -0.741. The highest BCUT2D eigenvalue weighted by atomic mass is 19.1. The minimum Gasteiger partial charge on any atom is -0.348 e. The van der Waals surface area contributed by atoms with Crippen LogP contribution in [0.2, 0.25) is 0 Å². The molecule has 1 aromatic carbocycles. The maximum Gasteiger partial charge on any atom is 0.251 e. The second-order valence-corrected chi connectivity index (χ2v) is 4.62. The standard InChI is InChI=1S/C13H16F2N2O/c1-8-12(3-2-4-16-8)17-13(18)9-5-10(14)7-11(15)6-9/h5-8,12,16H,2-4H2,1H3,(H,17,18). The van der Waals surface area contributed by atoms with Crippen molar-refractivity contribution in [3.05, 3.63) is 35.4 Å². The van der Waals surface area contributed by atoms with Gasteiger partial charge in [0.15, 0.2) is 0 Å². The summed E-state index contributed by atoms with van der Waals surface area (Å²) >= 11 is 0. The van der Waals surface area contributed by atoms with Crippen LogP contribution in [-0.2, 0) is 0 Å². The average molecular weight is 254 g/mol. The van der Waals surface area contributed by atoms with E-state index >= 15 is 0 Å². The highest BCUT2D eigenvalue weighted by Crippen LogP contribution is 2.11. The van der Waals surface area contributed by atoms with E-state index in [1.54, 1.807) is 0 Å². The molecule has 1 aromatic rings. The van der Waals surface area contributed by atoms with Crippen LogP contribution in [0.1, 0.15) is 30.1 Å². The van der Waals surface area contributed by atoms with Gasteiger partial charge in [-0.05, 0) is 38.4 Å². The fraction of sp³-hybridized carbons (Fsp3) is 0.462. The van der Waals surface area contributed by atoms with E-state index in [0.717, 1.165) is 37.6 Å². The number of halogens is 2. The van der Waals surface area contributed by atoms with E-state index in [1.807, 2.05) is 6.92 Å². The quantitative estimate of drug-likeness (QED) is 0.845. The third-order valence-electron chi connectivity index (χ3n) is 3.20. The number of hydrogen-bond donors (Lipinski definition) is 2. The average Bonchev–Trinajstić information content (AvgIpc) is 2.31. The molecule has 2 rings (SSSR count). The lowest BCUT2D eigenvalue weighted by Crippen LogP contribution is -2.51. The molecule has 0 aliphatic carbocycles. The smallest absolute Gasteiger partial charge is 0.251 e. The van der Waals surface area contributed by atoms with E-state index in [-0.39, 0.29) is 17.6 Å². The molecule has 3 nitrogen and oxygen atoms in total. The van der Waals surface area contributed by atoms with Crippen LogP contribution in [0.15, 0.2) is 18.2 Å². The van der Waals surface area contributed by atoms with Gasteiger partial charge in [-0.3, -0.25) is 4.79 Å². The Labute approximate surface area is 105 Å². The Morgan fingerprint density at radius 3 is 2.61 bits per heavy atom. The molecule has 1 fully saturated rings. The zero-order valence-electron chi connectivity index (χ0n) is 10.2. The lowest BCUT2D eigenvalue weighted by Gasteiger charge is -2.30. The van der Waals surface area contributed by atoms with Crippen LogP contribution in [0.5, 0.6) is 0 Å². The van der Waals surface area contributed by atoms with Crippen molar-refractivity contribution in [1.29, 1.82) is 0 Å². The van der Waals surface area contributed by atoms with Gasteiger partial charge < -0.3 is 10.6 Å². The number of amides is 1. The second kappa shape index (κ2) is 5.44. The maximum atomic E-state index is 13.0. The molecule has 0 bridgehead atoms. The molecule has 1 saturated heterocycles. The van der Waals surface area contributed by atoms with Gasteiger partial charge in [0.2, 0.25) is 0 Å². The van der Waals surface area contributed by atoms with E-state index in [2.05, 4.69) is 10.6 Å². The Kier molecular flexibility index (Phi) is 3.91. The zero-order chi connectivity index (χ0) is 13.1. The topological polar surface area (TPSA) is 41.1 Å². The summed E-state index contributed by atoms with van der Waals surface area (Å²) < 4.78 is 26.0. The Hall–Kier alpha value is -1.49. The van der Waals surface area contributed by atoms with Crippen molar-refractivity contribution in [2.75, 3.05) is 6.54 Å². The Morgan fingerprint density at radius 2 is 2.00 bits per heavy atom. The number of nitrogens with one attached hydrogen (secondary N) is 2. The van der Waals surface area contributed by atoms with E-state index in [4.69, 9.17) is 0 Å². The predicted octanol–water partition coefficient (Wildman–Crippen LogP) is 1.84. The van der Waals surface area contributed by atoms with Crippen LogP contribution in [0.4, 0.5) is 8.78 Å². The van der Waals surface area contributed by atoms with Gasteiger partial charge >= 0.3 is 0 Å². The monoisotopic (exact) mass is 254 g/mol. The van der Waals surface area contributed by atoms with Gasteiger partial charge in [-0.1, -0.05) is 0 Å². The number of carbonyl (C=O) groups excluding carboxylic acids is 1. The molecule has 5 heteroatoms. The SMILES string of the molecule is CC1NCCCC1NC(=O)c1cc(F)cc(F)c1. The summed E-state index contributed by atoms with van der Waals surface area (Å²) in [5.74, 6) is -1.92. The highest BCUT2D eigenvalue weighted by molar-refractivity contribution is 5.94. The number of rotatable bonds is 2. The molecule has 1 aliphatic rings. The van der Waals surface area contributed by atoms with E-state index in [0.29, 0.717) is 0 Å². The lowest BCUT2D eigenvalue weighted by atomic mass is 9.99. The molecule has 0 aromatic heterocycles.